The predicted molar refractivity (Wildman–Crippen MR) is 102 cm³/mol. The molecule has 3 aromatic rings. The number of hydrogen-bond acceptors (Lipinski definition) is 7. The first-order valence-electron chi connectivity index (χ1n) is 8.49. The number of benzene rings is 1. The number of ether oxygens (including phenoxy) is 1. The molecule has 0 aliphatic heterocycles. The molecule has 0 fully saturated rings. The van der Waals surface area contributed by atoms with Gasteiger partial charge in [0.15, 0.2) is 11.0 Å². The van der Waals surface area contributed by atoms with Crippen LogP contribution in [0.1, 0.15) is 19.4 Å². The standard InChI is InChI=1S/C17H20N6O3S/c1-4-22-10-14(16(20-22)26-5-2)15-18-19-17(21(15)3)27-11-12-6-8-13(9-7-12)23(24)25/h6-10H,4-5,11H2,1-3H3. The molecule has 0 unspecified atom stereocenters. The molecule has 0 saturated carbocycles. The number of rotatable bonds is 8. The van der Waals surface area contributed by atoms with Crippen molar-refractivity contribution in [1.29, 1.82) is 0 Å². The van der Waals surface area contributed by atoms with E-state index in [4.69, 9.17) is 4.74 Å². The van der Waals surface area contributed by atoms with Crippen molar-refractivity contribution < 1.29 is 9.66 Å². The Labute approximate surface area is 160 Å². The number of nitrogens with zero attached hydrogens (tertiary/aromatic N) is 6. The van der Waals surface area contributed by atoms with E-state index in [0.29, 0.717) is 24.1 Å². The minimum atomic E-state index is -0.404. The first-order chi connectivity index (χ1) is 13.0. The van der Waals surface area contributed by atoms with Crippen molar-refractivity contribution >= 4 is 17.4 Å². The molecule has 0 spiro atoms. The second-order valence-corrected chi connectivity index (χ2v) is 6.66. The van der Waals surface area contributed by atoms with Crippen LogP contribution in [0, 0.1) is 10.1 Å². The number of thioether (sulfide) groups is 1. The molecule has 1 aromatic carbocycles. The topological polar surface area (TPSA) is 101 Å². The average Bonchev–Trinajstić information content (AvgIpc) is 3.23. The number of aryl methyl sites for hydroxylation is 1. The maximum absolute atomic E-state index is 10.7. The third kappa shape index (κ3) is 4.11. The van der Waals surface area contributed by atoms with E-state index in [1.165, 1.54) is 23.9 Å². The molecular weight excluding hydrogens is 368 g/mol. The summed E-state index contributed by atoms with van der Waals surface area (Å²) in [5.74, 6) is 1.86. The van der Waals surface area contributed by atoms with Gasteiger partial charge in [-0.25, -0.2) is 0 Å². The average molecular weight is 388 g/mol. The van der Waals surface area contributed by atoms with E-state index in [9.17, 15) is 10.1 Å². The minimum absolute atomic E-state index is 0.0843. The van der Waals surface area contributed by atoms with E-state index in [1.807, 2.05) is 31.7 Å². The highest BCUT2D eigenvalue weighted by Crippen LogP contribution is 2.30. The van der Waals surface area contributed by atoms with E-state index < -0.39 is 4.92 Å². The highest BCUT2D eigenvalue weighted by atomic mass is 32.2. The van der Waals surface area contributed by atoms with Crippen LogP contribution in [0.2, 0.25) is 0 Å². The van der Waals surface area contributed by atoms with Gasteiger partial charge in [0.1, 0.15) is 5.56 Å². The summed E-state index contributed by atoms with van der Waals surface area (Å²) in [6.07, 6.45) is 1.90. The molecule has 10 heteroatoms. The van der Waals surface area contributed by atoms with Crippen molar-refractivity contribution in [2.24, 2.45) is 7.05 Å². The van der Waals surface area contributed by atoms with Crippen molar-refractivity contribution in [3.63, 3.8) is 0 Å². The zero-order valence-electron chi connectivity index (χ0n) is 15.3. The number of aromatic nitrogens is 5. The first-order valence-corrected chi connectivity index (χ1v) is 9.48. The number of non-ortho nitro benzene ring substituents is 1. The van der Waals surface area contributed by atoms with Crippen molar-refractivity contribution in [2.45, 2.75) is 31.3 Å². The molecule has 9 nitrogen and oxygen atoms in total. The highest BCUT2D eigenvalue weighted by molar-refractivity contribution is 7.98. The molecule has 0 aliphatic rings. The van der Waals surface area contributed by atoms with Gasteiger partial charge in [-0.1, -0.05) is 23.9 Å². The third-order valence-corrected chi connectivity index (χ3v) is 5.02. The van der Waals surface area contributed by atoms with Crippen LogP contribution in [0.25, 0.3) is 11.4 Å². The normalized spacial score (nSPS) is 10.9. The molecule has 27 heavy (non-hydrogen) atoms. The second kappa shape index (κ2) is 8.21. The van der Waals surface area contributed by atoms with E-state index in [-0.39, 0.29) is 5.69 Å². The summed E-state index contributed by atoms with van der Waals surface area (Å²) < 4.78 is 9.33. The van der Waals surface area contributed by atoms with Crippen LogP contribution in [-0.4, -0.2) is 36.1 Å². The van der Waals surface area contributed by atoms with Gasteiger partial charge in [-0.15, -0.1) is 15.3 Å². The van der Waals surface area contributed by atoms with Crippen LogP contribution in [0.4, 0.5) is 5.69 Å². The van der Waals surface area contributed by atoms with Crippen LogP contribution in [0.15, 0.2) is 35.6 Å². The Morgan fingerprint density at radius 3 is 2.59 bits per heavy atom. The zero-order chi connectivity index (χ0) is 19.4. The van der Waals surface area contributed by atoms with Crippen LogP contribution in [0.5, 0.6) is 5.88 Å². The van der Waals surface area contributed by atoms with E-state index >= 15 is 0 Å². The van der Waals surface area contributed by atoms with Crippen LogP contribution in [-0.2, 0) is 19.3 Å². The van der Waals surface area contributed by atoms with E-state index in [1.54, 1.807) is 16.8 Å². The molecule has 3 rings (SSSR count). The van der Waals surface area contributed by atoms with Gasteiger partial charge < -0.3 is 9.30 Å². The Morgan fingerprint density at radius 1 is 1.22 bits per heavy atom. The molecule has 0 bridgehead atoms. The number of hydrogen-bond donors (Lipinski definition) is 0. The van der Waals surface area contributed by atoms with E-state index in [0.717, 1.165) is 22.8 Å². The third-order valence-electron chi connectivity index (χ3n) is 3.92. The molecular formula is C17H20N6O3S. The quantitative estimate of drug-likeness (QED) is 0.331. The lowest BCUT2D eigenvalue weighted by molar-refractivity contribution is -0.384. The van der Waals surface area contributed by atoms with Gasteiger partial charge in [0.2, 0.25) is 5.88 Å². The Kier molecular flexibility index (Phi) is 5.75. The Hall–Kier alpha value is -2.88. The summed E-state index contributed by atoms with van der Waals surface area (Å²) in [4.78, 5) is 10.3. The summed E-state index contributed by atoms with van der Waals surface area (Å²) in [7, 11) is 1.90. The molecule has 0 radical (unpaired) electrons. The van der Waals surface area contributed by atoms with Gasteiger partial charge in [0.05, 0.1) is 11.5 Å². The van der Waals surface area contributed by atoms with Gasteiger partial charge in [-0.05, 0) is 19.4 Å². The maximum atomic E-state index is 10.7. The lowest BCUT2D eigenvalue weighted by Gasteiger charge is -2.04. The summed E-state index contributed by atoms with van der Waals surface area (Å²) >= 11 is 1.51. The highest BCUT2D eigenvalue weighted by Gasteiger charge is 2.19. The van der Waals surface area contributed by atoms with Gasteiger partial charge in [-0.2, -0.15) is 0 Å². The van der Waals surface area contributed by atoms with Crippen molar-refractivity contribution in [3.05, 3.63) is 46.1 Å². The Morgan fingerprint density at radius 2 is 1.96 bits per heavy atom. The molecule has 142 valence electrons. The smallest absolute Gasteiger partial charge is 0.269 e. The first kappa shape index (κ1) is 18.9. The largest absolute Gasteiger partial charge is 0.476 e. The van der Waals surface area contributed by atoms with Gasteiger partial charge in [0.25, 0.3) is 5.69 Å². The summed E-state index contributed by atoms with van der Waals surface area (Å²) in [5, 5.41) is 24.5. The SMILES string of the molecule is CCOc1nn(CC)cc1-c1nnc(SCc2ccc([N+](=O)[O-])cc2)n1C. The number of nitro benzene ring substituents is 1. The van der Waals surface area contributed by atoms with Gasteiger partial charge in [-0.3, -0.25) is 14.8 Å². The zero-order valence-corrected chi connectivity index (χ0v) is 16.1. The van der Waals surface area contributed by atoms with Crippen LogP contribution < -0.4 is 4.74 Å². The van der Waals surface area contributed by atoms with Crippen molar-refractivity contribution in [2.75, 3.05) is 6.61 Å². The van der Waals surface area contributed by atoms with Crippen molar-refractivity contribution in [3.8, 4) is 17.3 Å². The van der Waals surface area contributed by atoms with E-state index in [2.05, 4.69) is 15.3 Å². The van der Waals surface area contributed by atoms with Crippen LogP contribution in [0.3, 0.4) is 0 Å². The lowest BCUT2D eigenvalue weighted by Crippen LogP contribution is -1.98. The Balaban J connectivity index is 1.77. The van der Waals surface area contributed by atoms with Crippen LogP contribution >= 0.6 is 11.8 Å². The fourth-order valence-corrected chi connectivity index (χ4v) is 3.37. The molecule has 0 aliphatic carbocycles. The second-order valence-electron chi connectivity index (χ2n) is 5.71. The molecule has 2 aromatic heterocycles. The fourth-order valence-electron chi connectivity index (χ4n) is 2.50. The fraction of sp³-hybridized carbons (Fsp3) is 0.353. The molecule has 0 N–H and O–H groups in total. The lowest BCUT2D eigenvalue weighted by atomic mass is 10.2. The Bertz CT molecular complexity index is 935. The van der Waals surface area contributed by atoms with Crippen molar-refractivity contribution in [1.82, 2.24) is 24.5 Å². The van der Waals surface area contributed by atoms with Gasteiger partial charge >= 0.3 is 0 Å². The molecule has 2 heterocycles. The molecule has 0 amide bonds. The molecule has 0 saturated heterocycles. The summed E-state index contributed by atoms with van der Waals surface area (Å²) in [5.41, 5.74) is 1.86. The predicted octanol–water partition coefficient (Wildman–Crippen LogP) is 3.30. The maximum Gasteiger partial charge on any atom is 0.269 e. The number of nitro groups is 1. The summed E-state index contributed by atoms with van der Waals surface area (Å²) in [6.45, 7) is 5.18. The molecule has 0 atom stereocenters. The minimum Gasteiger partial charge on any atom is -0.476 e. The monoisotopic (exact) mass is 388 g/mol. The van der Waals surface area contributed by atoms with Gasteiger partial charge in [0, 0.05) is 37.7 Å². The summed E-state index contributed by atoms with van der Waals surface area (Å²) in [6, 6.07) is 6.51.